The van der Waals surface area contributed by atoms with Gasteiger partial charge in [0, 0.05) is 13.2 Å². The molecule has 0 aromatic carbocycles. The molecular weight excluding hydrogens is 246 g/mol. The van der Waals surface area contributed by atoms with Crippen LogP contribution < -0.4 is 5.32 Å². The highest BCUT2D eigenvalue weighted by Crippen LogP contribution is 2.31. The number of aryl methyl sites for hydroxylation is 1. The highest BCUT2D eigenvalue weighted by Gasteiger charge is 2.24. The Morgan fingerprint density at radius 1 is 1.25 bits per heavy atom. The fraction of sp³-hybridized carbons (Fsp3) is 0.824. The average Bonchev–Trinajstić information content (AvgIpc) is 2.67. The molecule has 3 nitrogen and oxygen atoms in total. The highest BCUT2D eigenvalue weighted by molar-refractivity contribution is 5.05. The summed E-state index contributed by atoms with van der Waals surface area (Å²) in [6, 6.07) is 0. The van der Waals surface area contributed by atoms with Crippen LogP contribution in [0.5, 0.6) is 0 Å². The van der Waals surface area contributed by atoms with Crippen LogP contribution in [-0.2, 0) is 13.5 Å². The third-order valence-corrected chi connectivity index (χ3v) is 4.53. The Morgan fingerprint density at radius 2 is 2.00 bits per heavy atom. The Kier molecular flexibility index (Phi) is 6.08. The Hall–Kier alpha value is -0.830. The first-order valence-corrected chi connectivity index (χ1v) is 8.33. The van der Waals surface area contributed by atoms with Crippen molar-refractivity contribution in [1.82, 2.24) is 15.1 Å². The van der Waals surface area contributed by atoms with Crippen LogP contribution in [0.3, 0.4) is 0 Å². The smallest absolute Gasteiger partial charge is 0.0521 e. The highest BCUT2D eigenvalue weighted by atomic mass is 15.2. The minimum absolute atomic E-state index is 0.748. The first-order valence-electron chi connectivity index (χ1n) is 8.33. The molecule has 1 fully saturated rings. The van der Waals surface area contributed by atoms with Crippen molar-refractivity contribution < 1.29 is 0 Å². The molecule has 2 rings (SSSR count). The van der Waals surface area contributed by atoms with E-state index in [1.54, 1.807) is 0 Å². The van der Waals surface area contributed by atoms with Gasteiger partial charge in [-0.05, 0) is 55.7 Å². The molecule has 0 aliphatic heterocycles. The zero-order valence-electron chi connectivity index (χ0n) is 13.4. The van der Waals surface area contributed by atoms with E-state index in [0.29, 0.717) is 0 Å². The van der Waals surface area contributed by atoms with Crippen LogP contribution in [0.2, 0.25) is 0 Å². The summed E-state index contributed by atoms with van der Waals surface area (Å²) in [5.74, 6) is 2.43. The quantitative estimate of drug-likeness (QED) is 0.808. The van der Waals surface area contributed by atoms with Crippen molar-refractivity contribution in [2.75, 3.05) is 13.1 Å². The Bertz CT molecular complexity index is 383. The molecule has 1 aromatic heterocycles. The number of nitrogens with zero attached hydrogens (tertiary/aromatic N) is 2. The van der Waals surface area contributed by atoms with Gasteiger partial charge in [0.25, 0.3) is 0 Å². The summed E-state index contributed by atoms with van der Waals surface area (Å²) in [5, 5.41) is 8.00. The molecule has 1 heterocycles. The van der Waals surface area contributed by atoms with E-state index in [2.05, 4.69) is 30.5 Å². The normalized spacial score (nSPS) is 24.0. The molecule has 1 aromatic rings. The molecule has 114 valence electrons. The van der Waals surface area contributed by atoms with Crippen molar-refractivity contribution in [3.8, 4) is 0 Å². The maximum Gasteiger partial charge on any atom is 0.0521 e. The molecule has 2 atom stereocenters. The summed E-state index contributed by atoms with van der Waals surface area (Å²) in [6.45, 7) is 6.92. The van der Waals surface area contributed by atoms with Crippen molar-refractivity contribution in [2.24, 2.45) is 24.8 Å². The van der Waals surface area contributed by atoms with E-state index in [0.717, 1.165) is 24.3 Å². The van der Waals surface area contributed by atoms with Gasteiger partial charge in [0.2, 0.25) is 0 Å². The van der Waals surface area contributed by atoms with Crippen LogP contribution in [0.4, 0.5) is 0 Å². The molecule has 0 spiro atoms. The SMILES string of the molecule is CC(C)CNCC1CCCCCC1Cc1cnn(C)c1. The second kappa shape index (κ2) is 7.82. The van der Waals surface area contributed by atoms with Gasteiger partial charge in [-0.1, -0.05) is 33.1 Å². The van der Waals surface area contributed by atoms with E-state index in [1.807, 2.05) is 17.9 Å². The molecule has 0 saturated heterocycles. The van der Waals surface area contributed by atoms with E-state index in [-0.39, 0.29) is 0 Å². The Balaban J connectivity index is 1.90. The summed E-state index contributed by atoms with van der Waals surface area (Å²) >= 11 is 0. The molecule has 20 heavy (non-hydrogen) atoms. The molecule has 0 bridgehead atoms. The maximum absolute atomic E-state index is 4.32. The predicted octanol–water partition coefficient (Wildman–Crippen LogP) is 3.40. The third kappa shape index (κ3) is 4.93. The van der Waals surface area contributed by atoms with E-state index < -0.39 is 0 Å². The van der Waals surface area contributed by atoms with Gasteiger partial charge in [-0.15, -0.1) is 0 Å². The zero-order valence-corrected chi connectivity index (χ0v) is 13.4. The number of nitrogens with one attached hydrogen (secondary N) is 1. The van der Waals surface area contributed by atoms with Crippen molar-refractivity contribution in [1.29, 1.82) is 0 Å². The van der Waals surface area contributed by atoms with Crippen LogP contribution in [0.15, 0.2) is 12.4 Å². The van der Waals surface area contributed by atoms with Crippen molar-refractivity contribution in [3.63, 3.8) is 0 Å². The van der Waals surface area contributed by atoms with Gasteiger partial charge >= 0.3 is 0 Å². The number of hydrogen-bond donors (Lipinski definition) is 1. The van der Waals surface area contributed by atoms with Crippen LogP contribution in [0.25, 0.3) is 0 Å². The van der Waals surface area contributed by atoms with Gasteiger partial charge in [0.1, 0.15) is 0 Å². The van der Waals surface area contributed by atoms with Gasteiger partial charge in [-0.3, -0.25) is 4.68 Å². The first-order chi connectivity index (χ1) is 9.65. The molecule has 1 aliphatic rings. The Morgan fingerprint density at radius 3 is 2.65 bits per heavy atom. The molecule has 0 radical (unpaired) electrons. The third-order valence-electron chi connectivity index (χ3n) is 4.53. The number of aromatic nitrogens is 2. The molecule has 3 heteroatoms. The summed E-state index contributed by atoms with van der Waals surface area (Å²) in [6.07, 6.45) is 12.5. The van der Waals surface area contributed by atoms with E-state index in [4.69, 9.17) is 0 Å². The van der Waals surface area contributed by atoms with Crippen molar-refractivity contribution in [2.45, 2.75) is 52.4 Å². The van der Waals surface area contributed by atoms with Gasteiger partial charge in [0.05, 0.1) is 6.20 Å². The lowest BCUT2D eigenvalue weighted by atomic mass is 9.83. The van der Waals surface area contributed by atoms with Gasteiger partial charge < -0.3 is 5.32 Å². The predicted molar refractivity (Wildman–Crippen MR) is 84.7 cm³/mol. The monoisotopic (exact) mass is 277 g/mol. The largest absolute Gasteiger partial charge is 0.316 e. The molecule has 1 aliphatic carbocycles. The van der Waals surface area contributed by atoms with Gasteiger partial charge in [-0.25, -0.2) is 0 Å². The maximum atomic E-state index is 4.32. The van der Waals surface area contributed by atoms with Crippen molar-refractivity contribution in [3.05, 3.63) is 18.0 Å². The fourth-order valence-electron chi connectivity index (χ4n) is 3.44. The van der Waals surface area contributed by atoms with Crippen LogP contribution in [-0.4, -0.2) is 22.9 Å². The van der Waals surface area contributed by atoms with E-state index >= 15 is 0 Å². The van der Waals surface area contributed by atoms with E-state index in [9.17, 15) is 0 Å². The lowest BCUT2D eigenvalue weighted by Gasteiger charge is -2.25. The fourth-order valence-corrected chi connectivity index (χ4v) is 3.44. The molecule has 1 saturated carbocycles. The van der Waals surface area contributed by atoms with Crippen LogP contribution in [0, 0.1) is 17.8 Å². The average molecular weight is 277 g/mol. The number of hydrogen-bond acceptors (Lipinski definition) is 2. The second-order valence-corrected chi connectivity index (χ2v) is 6.94. The van der Waals surface area contributed by atoms with Gasteiger partial charge in [-0.2, -0.15) is 5.10 Å². The van der Waals surface area contributed by atoms with Crippen molar-refractivity contribution >= 4 is 0 Å². The standard InChI is InChI=1S/C17H31N3/c1-14(2)10-18-12-17-8-6-4-5-7-16(17)9-15-11-19-20(3)13-15/h11,13-14,16-18H,4-10,12H2,1-3H3. The lowest BCUT2D eigenvalue weighted by molar-refractivity contribution is 0.294. The lowest BCUT2D eigenvalue weighted by Crippen LogP contribution is -2.31. The molecule has 2 unspecified atom stereocenters. The Labute approximate surface area is 124 Å². The van der Waals surface area contributed by atoms with Crippen LogP contribution in [0.1, 0.15) is 51.5 Å². The summed E-state index contributed by atoms with van der Waals surface area (Å²) < 4.78 is 1.93. The summed E-state index contributed by atoms with van der Waals surface area (Å²) in [4.78, 5) is 0. The van der Waals surface area contributed by atoms with Gasteiger partial charge in [0.15, 0.2) is 0 Å². The molecular formula is C17H31N3. The number of rotatable bonds is 6. The summed E-state index contributed by atoms with van der Waals surface area (Å²) in [5.41, 5.74) is 1.41. The van der Waals surface area contributed by atoms with Crippen LogP contribution >= 0.6 is 0 Å². The zero-order chi connectivity index (χ0) is 14.4. The second-order valence-electron chi connectivity index (χ2n) is 6.94. The minimum Gasteiger partial charge on any atom is -0.316 e. The van der Waals surface area contributed by atoms with E-state index in [1.165, 1.54) is 50.6 Å². The topological polar surface area (TPSA) is 29.9 Å². The minimum atomic E-state index is 0.748. The molecule has 0 amide bonds. The first kappa shape index (κ1) is 15.6. The summed E-state index contributed by atoms with van der Waals surface area (Å²) in [7, 11) is 2.01. The molecule has 1 N–H and O–H groups in total.